The van der Waals surface area contributed by atoms with Crippen molar-refractivity contribution in [3.63, 3.8) is 0 Å². The van der Waals surface area contributed by atoms with Gasteiger partial charge in [0.25, 0.3) is 0 Å². The third-order valence-corrected chi connectivity index (χ3v) is 2.16. The number of hydrazone groups is 1. The Morgan fingerprint density at radius 2 is 1.71 bits per heavy atom. The maximum Gasteiger partial charge on any atom is 0.243 e. The summed E-state index contributed by atoms with van der Waals surface area (Å²) in [6.07, 6.45) is 1.74. The predicted molar refractivity (Wildman–Crippen MR) is 69.2 cm³/mol. The van der Waals surface area contributed by atoms with Gasteiger partial charge in [0.1, 0.15) is 0 Å². The van der Waals surface area contributed by atoms with E-state index in [2.05, 4.69) is 20.5 Å². The highest BCUT2D eigenvalue weighted by Crippen LogP contribution is 2.03. The van der Waals surface area contributed by atoms with Crippen molar-refractivity contribution >= 4 is 12.2 Å². The molecule has 1 aromatic carbocycles. The molecule has 0 saturated heterocycles. The Morgan fingerprint density at radius 3 is 2.35 bits per heavy atom. The van der Waals surface area contributed by atoms with Gasteiger partial charge in [-0.2, -0.15) is 5.10 Å². The maximum atomic E-state index is 4.23. The molecule has 0 aliphatic rings. The lowest BCUT2D eigenvalue weighted by Crippen LogP contribution is -1.99. The molecule has 0 atom stereocenters. The van der Waals surface area contributed by atoms with E-state index in [0.717, 1.165) is 17.0 Å². The zero-order valence-electron chi connectivity index (χ0n) is 9.88. The third kappa shape index (κ3) is 3.38. The minimum atomic E-state index is 0.523. The number of hydrogen-bond acceptors (Lipinski definition) is 4. The van der Waals surface area contributed by atoms with E-state index in [1.807, 2.05) is 50.2 Å². The van der Waals surface area contributed by atoms with Crippen LogP contribution in [0.1, 0.15) is 17.0 Å². The van der Waals surface area contributed by atoms with Crippen LogP contribution in [0.25, 0.3) is 0 Å². The summed E-state index contributed by atoms with van der Waals surface area (Å²) in [6.45, 7) is 3.86. The van der Waals surface area contributed by atoms with Crippen molar-refractivity contribution in [3.8, 4) is 0 Å². The highest BCUT2D eigenvalue weighted by Gasteiger charge is 1.96. The number of nitrogens with one attached hydrogen (secondary N) is 1. The van der Waals surface area contributed by atoms with Crippen LogP contribution in [0.2, 0.25) is 0 Å². The van der Waals surface area contributed by atoms with E-state index in [1.54, 1.807) is 6.21 Å². The van der Waals surface area contributed by atoms with Gasteiger partial charge in [0.15, 0.2) is 0 Å². The molecule has 86 valence electrons. The molecule has 2 aromatic rings. The van der Waals surface area contributed by atoms with Gasteiger partial charge in [-0.3, -0.25) is 0 Å². The normalized spacial score (nSPS) is 10.7. The molecule has 0 spiro atoms. The standard InChI is InChI=1S/C13H14N4/c1-10-8-11(2)16-13(15-10)17-14-9-12-6-4-3-5-7-12/h3-9H,1-2H3,(H,15,16,17)/b14-9-. The van der Waals surface area contributed by atoms with Gasteiger partial charge in [-0.1, -0.05) is 30.3 Å². The third-order valence-electron chi connectivity index (χ3n) is 2.16. The zero-order valence-corrected chi connectivity index (χ0v) is 9.88. The van der Waals surface area contributed by atoms with Crippen LogP contribution in [0.3, 0.4) is 0 Å². The average Bonchev–Trinajstić information content (AvgIpc) is 2.29. The fourth-order valence-corrected chi connectivity index (χ4v) is 1.48. The van der Waals surface area contributed by atoms with E-state index in [0.29, 0.717) is 5.95 Å². The van der Waals surface area contributed by atoms with E-state index in [9.17, 15) is 0 Å². The van der Waals surface area contributed by atoms with Crippen LogP contribution in [-0.4, -0.2) is 16.2 Å². The number of anilines is 1. The molecule has 0 fully saturated rings. The molecule has 4 heteroatoms. The summed E-state index contributed by atoms with van der Waals surface area (Å²) in [5.74, 6) is 0.523. The first-order chi connectivity index (χ1) is 8.24. The van der Waals surface area contributed by atoms with E-state index < -0.39 is 0 Å². The molecule has 17 heavy (non-hydrogen) atoms. The Morgan fingerprint density at radius 1 is 1.06 bits per heavy atom. The van der Waals surface area contributed by atoms with Crippen molar-refractivity contribution in [2.24, 2.45) is 5.10 Å². The summed E-state index contributed by atoms with van der Waals surface area (Å²) in [5, 5.41) is 4.09. The molecule has 0 amide bonds. The predicted octanol–water partition coefficient (Wildman–Crippen LogP) is 2.54. The number of rotatable bonds is 3. The largest absolute Gasteiger partial charge is 0.245 e. The molecule has 1 aromatic heterocycles. The lowest BCUT2D eigenvalue weighted by atomic mass is 10.2. The van der Waals surface area contributed by atoms with Crippen molar-refractivity contribution in [1.82, 2.24) is 9.97 Å². The number of aryl methyl sites for hydroxylation is 2. The van der Waals surface area contributed by atoms with Crippen molar-refractivity contribution < 1.29 is 0 Å². The van der Waals surface area contributed by atoms with Crippen LogP contribution in [0, 0.1) is 13.8 Å². The Labute approximate surface area is 100 Å². The van der Waals surface area contributed by atoms with Crippen LogP contribution in [0.5, 0.6) is 0 Å². The number of hydrogen-bond donors (Lipinski definition) is 1. The lowest BCUT2D eigenvalue weighted by Gasteiger charge is -2.01. The van der Waals surface area contributed by atoms with Crippen LogP contribution < -0.4 is 5.43 Å². The highest BCUT2D eigenvalue weighted by molar-refractivity contribution is 5.79. The summed E-state index contributed by atoms with van der Waals surface area (Å²) < 4.78 is 0. The SMILES string of the molecule is Cc1cc(C)nc(N/N=C\c2ccccc2)n1. The summed E-state index contributed by atoms with van der Waals surface area (Å²) in [7, 11) is 0. The van der Waals surface area contributed by atoms with E-state index in [-0.39, 0.29) is 0 Å². The number of benzene rings is 1. The molecule has 1 heterocycles. The molecular weight excluding hydrogens is 212 g/mol. The molecule has 4 nitrogen and oxygen atoms in total. The van der Waals surface area contributed by atoms with Crippen LogP contribution in [-0.2, 0) is 0 Å². The van der Waals surface area contributed by atoms with Crippen molar-refractivity contribution in [2.45, 2.75) is 13.8 Å². The number of nitrogens with zero attached hydrogens (tertiary/aromatic N) is 3. The molecule has 2 rings (SSSR count). The van der Waals surface area contributed by atoms with E-state index >= 15 is 0 Å². The Kier molecular flexibility index (Phi) is 3.45. The van der Waals surface area contributed by atoms with Gasteiger partial charge in [-0.25, -0.2) is 15.4 Å². The smallest absolute Gasteiger partial charge is 0.243 e. The van der Waals surface area contributed by atoms with E-state index in [4.69, 9.17) is 0 Å². The Bertz CT molecular complexity index is 500. The maximum absolute atomic E-state index is 4.23. The first-order valence-electron chi connectivity index (χ1n) is 5.40. The second kappa shape index (κ2) is 5.21. The van der Waals surface area contributed by atoms with Crippen LogP contribution >= 0.6 is 0 Å². The lowest BCUT2D eigenvalue weighted by molar-refractivity contribution is 1.04. The molecule has 0 aliphatic heterocycles. The summed E-state index contributed by atoms with van der Waals surface area (Å²) >= 11 is 0. The van der Waals surface area contributed by atoms with Gasteiger partial charge in [0.05, 0.1) is 6.21 Å². The molecule has 1 N–H and O–H groups in total. The minimum absolute atomic E-state index is 0.523. The fourth-order valence-electron chi connectivity index (χ4n) is 1.48. The van der Waals surface area contributed by atoms with E-state index in [1.165, 1.54) is 0 Å². The topological polar surface area (TPSA) is 50.2 Å². The summed E-state index contributed by atoms with van der Waals surface area (Å²) in [6, 6.07) is 11.8. The summed E-state index contributed by atoms with van der Waals surface area (Å²) in [4.78, 5) is 8.46. The quantitative estimate of drug-likeness (QED) is 0.646. The zero-order chi connectivity index (χ0) is 12.1. The van der Waals surface area contributed by atoms with Crippen molar-refractivity contribution in [1.29, 1.82) is 0 Å². The van der Waals surface area contributed by atoms with Crippen molar-refractivity contribution in [3.05, 3.63) is 53.3 Å². The molecular formula is C13H14N4. The highest BCUT2D eigenvalue weighted by atomic mass is 15.3. The molecule has 0 saturated carbocycles. The second-order valence-electron chi connectivity index (χ2n) is 3.75. The molecule has 0 radical (unpaired) electrons. The molecule has 0 aliphatic carbocycles. The molecule has 0 bridgehead atoms. The van der Waals surface area contributed by atoms with Crippen LogP contribution in [0.4, 0.5) is 5.95 Å². The van der Waals surface area contributed by atoms with Gasteiger partial charge in [0.2, 0.25) is 5.95 Å². The van der Waals surface area contributed by atoms with Gasteiger partial charge >= 0.3 is 0 Å². The average molecular weight is 226 g/mol. The van der Waals surface area contributed by atoms with Gasteiger partial charge in [-0.15, -0.1) is 0 Å². The van der Waals surface area contributed by atoms with Crippen LogP contribution in [0.15, 0.2) is 41.5 Å². The van der Waals surface area contributed by atoms with Gasteiger partial charge in [-0.05, 0) is 25.5 Å². The van der Waals surface area contributed by atoms with Crippen molar-refractivity contribution in [2.75, 3.05) is 5.43 Å². The number of aromatic nitrogens is 2. The Hall–Kier alpha value is -2.23. The minimum Gasteiger partial charge on any atom is -0.245 e. The molecule has 0 unspecified atom stereocenters. The fraction of sp³-hybridized carbons (Fsp3) is 0.154. The summed E-state index contributed by atoms with van der Waals surface area (Å²) in [5.41, 5.74) is 5.71. The van der Waals surface area contributed by atoms with Gasteiger partial charge in [0, 0.05) is 11.4 Å². The first-order valence-corrected chi connectivity index (χ1v) is 5.40. The first kappa shape index (κ1) is 11.3. The Balaban J connectivity index is 2.05. The monoisotopic (exact) mass is 226 g/mol. The second-order valence-corrected chi connectivity index (χ2v) is 3.75. The van der Waals surface area contributed by atoms with Gasteiger partial charge < -0.3 is 0 Å².